The number of aromatic nitrogens is 6. The van der Waals surface area contributed by atoms with Gasteiger partial charge in [0, 0.05) is 29.8 Å². The molecule has 27 heavy (non-hydrogen) atoms. The summed E-state index contributed by atoms with van der Waals surface area (Å²) >= 11 is 0. The van der Waals surface area contributed by atoms with Crippen LogP contribution >= 0.6 is 0 Å². The van der Waals surface area contributed by atoms with Crippen LogP contribution in [0.2, 0.25) is 0 Å². The van der Waals surface area contributed by atoms with Crippen LogP contribution in [-0.4, -0.2) is 30.0 Å². The van der Waals surface area contributed by atoms with Crippen LogP contribution in [0.1, 0.15) is 17.0 Å². The van der Waals surface area contributed by atoms with Gasteiger partial charge in [0.15, 0.2) is 0 Å². The number of benzene rings is 1. The minimum Gasteiger partial charge on any atom is -0.360 e. The number of imidazole rings is 1. The Labute approximate surface area is 155 Å². The van der Waals surface area contributed by atoms with E-state index in [4.69, 9.17) is 4.98 Å². The highest BCUT2D eigenvalue weighted by molar-refractivity contribution is 5.76. The average molecular weight is 356 g/mol. The van der Waals surface area contributed by atoms with Gasteiger partial charge in [-0.25, -0.2) is 4.98 Å². The molecular weight excluding hydrogens is 340 g/mol. The van der Waals surface area contributed by atoms with Gasteiger partial charge in [0.05, 0.1) is 5.69 Å². The lowest BCUT2D eigenvalue weighted by Crippen LogP contribution is -1.95. The molecule has 0 saturated carbocycles. The van der Waals surface area contributed by atoms with Crippen LogP contribution in [0.25, 0.3) is 22.5 Å². The SMILES string of the molecule is Cc1ccn2cc(-c3ccc(C)c(NC=C(C#N)c4nn[nH]n4)c3)nc2c1. The normalized spacial score (nSPS) is 11.5. The maximum absolute atomic E-state index is 9.29. The standard InChI is InChI=1S/C19H16N8/c1-12-5-6-27-11-17(22-18(27)7-12)14-4-3-13(2)16(8-14)21-10-15(9-20)19-23-25-26-24-19/h3-8,10-11,21H,1-2H3,(H,23,24,25,26). The number of nitrogens with one attached hydrogen (secondary N) is 2. The molecule has 0 aliphatic heterocycles. The third-order valence-electron chi connectivity index (χ3n) is 4.23. The number of allylic oxidation sites excluding steroid dienone is 1. The zero-order chi connectivity index (χ0) is 18.8. The molecular formula is C19H16N8. The summed E-state index contributed by atoms with van der Waals surface area (Å²) in [6.07, 6.45) is 5.57. The molecule has 4 aromatic rings. The molecule has 8 heteroatoms. The fourth-order valence-electron chi connectivity index (χ4n) is 2.73. The van der Waals surface area contributed by atoms with E-state index in [9.17, 15) is 5.26 Å². The molecule has 3 aromatic heterocycles. The maximum atomic E-state index is 9.29. The van der Waals surface area contributed by atoms with Crippen molar-refractivity contribution in [3.63, 3.8) is 0 Å². The van der Waals surface area contributed by atoms with E-state index in [0.717, 1.165) is 28.2 Å². The summed E-state index contributed by atoms with van der Waals surface area (Å²) in [6.45, 7) is 4.04. The first-order valence-corrected chi connectivity index (χ1v) is 8.31. The van der Waals surface area contributed by atoms with Gasteiger partial charge in [-0.3, -0.25) is 0 Å². The number of tetrazole rings is 1. The highest BCUT2D eigenvalue weighted by atomic mass is 15.5. The number of H-pyrrole nitrogens is 1. The molecule has 0 fully saturated rings. The maximum Gasteiger partial charge on any atom is 0.216 e. The van der Waals surface area contributed by atoms with Crippen LogP contribution < -0.4 is 5.32 Å². The topological polar surface area (TPSA) is 108 Å². The molecule has 0 aliphatic rings. The van der Waals surface area contributed by atoms with Crippen molar-refractivity contribution >= 4 is 16.9 Å². The summed E-state index contributed by atoms with van der Waals surface area (Å²) in [6, 6.07) is 12.2. The molecule has 3 heterocycles. The fraction of sp³-hybridized carbons (Fsp3) is 0.105. The lowest BCUT2D eigenvalue weighted by molar-refractivity contribution is 0.881. The van der Waals surface area contributed by atoms with E-state index in [1.165, 1.54) is 5.56 Å². The number of anilines is 1. The van der Waals surface area contributed by atoms with Crippen molar-refractivity contribution < 1.29 is 0 Å². The number of aryl methyl sites for hydroxylation is 2. The van der Waals surface area contributed by atoms with Crippen LogP contribution in [-0.2, 0) is 0 Å². The molecule has 132 valence electrons. The first kappa shape index (κ1) is 16.5. The Kier molecular flexibility index (Phi) is 4.10. The van der Waals surface area contributed by atoms with Gasteiger partial charge in [-0.05, 0) is 48.4 Å². The highest BCUT2D eigenvalue weighted by Gasteiger charge is 2.09. The molecule has 1 aromatic carbocycles. The number of aromatic amines is 1. The van der Waals surface area contributed by atoms with Gasteiger partial charge in [-0.15, -0.1) is 10.2 Å². The van der Waals surface area contributed by atoms with Crippen molar-refractivity contribution in [1.29, 1.82) is 5.26 Å². The van der Waals surface area contributed by atoms with Crippen LogP contribution in [0, 0.1) is 25.2 Å². The van der Waals surface area contributed by atoms with Crippen molar-refractivity contribution in [2.24, 2.45) is 0 Å². The number of rotatable bonds is 4. The number of nitrogens with zero attached hydrogens (tertiary/aromatic N) is 6. The van der Waals surface area contributed by atoms with Crippen LogP contribution in [0.4, 0.5) is 5.69 Å². The van der Waals surface area contributed by atoms with Gasteiger partial charge >= 0.3 is 0 Å². The molecule has 0 radical (unpaired) electrons. The molecule has 2 N–H and O–H groups in total. The molecule has 0 bridgehead atoms. The first-order valence-electron chi connectivity index (χ1n) is 8.31. The number of hydrogen-bond acceptors (Lipinski definition) is 6. The Morgan fingerprint density at radius 3 is 2.93 bits per heavy atom. The van der Waals surface area contributed by atoms with Crippen molar-refractivity contribution in [2.75, 3.05) is 5.32 Å². The summed E-state index contributed by atoms with van der Waals surface area (Å²) in [5.41, 5.74) is 6.14. The number of nitriles is 1. The van der Waals surface area contributed by atoms with Gasteiger partial charge < -0.3 is 9.72 Å². The van der Waals surface area contributed by atoms with Gasteiger partial charge in [-0.2, -0.15) is 10.5 Å². The van der Waals surface area contributed by atoms with E-state index in [1.807, 2.05) is 61.0 Å². The summed E-state index contributed by atoms with van der Waals surface area (Å²) in [7, 11) is 0. The van der Waals surface area contributed by atoms with Gasteiger partial charge in [-0.1, -0.05) is 12.1 Å². The minimum absolute atomic E-state index is 0.245. The highest BCUT2D eigenvalue weighted by Crippen LogP contribution is 2.26. The van der Waals surface area contributed by atoms with E-state index >= 15 is 0 Å². The molecule has 4 rings (SSSR count). The smallest absolute Gasteiger partial charge is 0.216 e. The zero-order valence-corrected chi connectivity index (χ0v) is 14.8. The van der Waals surface area contributed by atoms with Crippen molar-refractivity contribution in [3.05, 3.63) is 65.9 Å². The minimum atomic E-state index is 0.245. The lowest BCUT2D eigenvalue weighted by Gasteiger charge is -2.08. The van der Waals surface area contributed by atoms with Gasteiger partial charge in [0.2, 0.25) is 5.82 Å². The largest absolute Gasteiger partial charge is 0.360 e. The van der Waals surface area contributed by atoms with E-state index in [1.54, 1.807) is 6.20 Å². The monoisotopic (exact) mass is 356 g/mol. The Balaban J connectivity index is 1.67. The molecule has 0 unspecified atom stereocenters. The van der Waals surface area contributed by atoms with E-state index in [-0.39, 0.29) is 11.4 Å². The van der Waals surface area contributed by atoms with Crippen LogP contribution in [0.15, 0.2) is 48.9 Å². The summed E-state index contributed by atoms with van der Waals surface area (Å²) in [4.78, 5) is 4.70. The molecule has 0 aliphatic carbocycles. The summed E-state index contributed by atoms with van der Waals surface area (Å²) < 4.78 is 2.00. The lowest BCUT2D eigenvalue weighted by atomic mass is 10.1. The third kappa shape index (κ3) is 3.26. The Bertz CT molecular complexity index is 1180. The van der Waals surface area contributed by atoms with E-state index < -0.39 is 0 Å². The van der Waals surface area contributed by atoms with Crippen molar-refractivity contribution in [1.82, 2.24) is 30.0 Å². The fourth-order valence-corrected chi connectivity index (χ4v) is 2.73. The van der Waals surface area contributed by atoms with Crippen LogP contribution in [0.5, 0.6) is 0 Å². The quantitative estimate of drug-likeness (QED) is 0.544. The summed E-state index contributed by atoms with van der Waals surface area (Å²) in [5, 5.41) is 25.9. The molecule has 8 nitrogen and oxygen atoms in total. The number of fused-ring (bicyclic) bond motifs is 1. The second-order valence-corrected chi connectivity index (χ2v) is 6.17. The van der Waals surface area contributed by atoms with Crippen molar-refractivity contribution in [2.45, 2.75) is 13.8 Å². The zero-order valence-electron chi connectivity index (χ0n) is 14.8. The molecule has 0 atom stereocenters. The van der Waals surface area contributed by atoms with E-state index in [0.29, 0.717) is 0 Å². The van der Waals surface area contributed by atoms with Crippen molar-refractivity contribution in [3.8, 4) is 17.3 Å². The van der Waals surface area contributed by atoms with Gasteiger partial charge in [0.25, 0.3) is 0 Å². The Morgan fingerprint density at radius 1 is 1.26 bits per heavy atom. The summed E-state index contributed by atoms with van der Waals surface area (Å²) in [5.74, 6) is 0.245. The Morgan fingerprint density at radius 2 is 2.15 bits per heavy atom. The third-order valence-corrected chi connectivity index (χ3v) is 4.23. The Hall–Kier alpha value is -3.99. The molecule has 0 amide bonds. The van der Waals surface area contributed by atoms with Crippen LogP contribution in [0.3, 0.4) is 0 Å². The average Bonchev–Trinajstić information content (AvgIpc) is 3.33. The predicted molar refractivity (Wildman–Crippen MR) is 101 cm³/mol. The van der Waals surface area contributed by atoms with E-state index in [2.05, 4.69) is 32.0 Å². The van der Waals surface area contributed by atoms with Gasteiger partial charge in [0.1, 0.15) is 17.3 Å². The predicted octanol–water partition coefficient (Wildman–Crippen LogP) is 3.11. The number of pyridine rings is 1. The molecule has 0 saturated heterocycles. The second-order valence-electron chi connectivity index (χ2n) is 6.17. The molecule has 0 spiro atoms. The second kappa shape index (κ2) is 6.72. The first-order chi connectivity index (χ1) is 13.1. The number of hydrogen-bond donors (Lipinski definition) is 2.